The lowest BCUT2D eigenvalue weighted by Crippen LogP contribution is -2.16. The second-order valence-corrected chi connectivity index (χ2v) is 3.74. The molecule has 0 saturated heterocycles. The van der Waals surface area contributed by atoms with Gasteiger partial charge in [0, 0.05) is 0 Å². The number of nitrogens with one attached hydrogen (secondary N) is 1. The van der Waals surface area contributed by atoms with Gasteiger partial charge in [-0.2, -0.15) is 0 Å². The number of hydrogen-bond acceptors (Lipinski definition) is 3. The summed E-state index contributed by atoms with van der Waals surface area (Å²) in [5.41, 5.74) is 1.13. The molecule has 0 fully saturated rings. The second kappa shape index (κ2) is 5.55. The van der Waals surface area contributed by atoms with E-state index in [1.54, 1.807) is 6.26 Å². The number of ether oxygens (including phenoxy) is 1. The van der Waals surface area contributed by atoms with Gasteiger partial charge in [0.05, 0.1) is 18.9 Å². The highest BCUT2D eigenvalue weighted by Crippen LogP contribution is 2.25. The van der Waals surface area contributed by atoms with Gasteiger partial charge in [0.15, 0.2) is 0 Å². The average molecular weight is 231 g/mol. The van der Waals surface area contributed by atoms with Gasteiger partial charge in [0.2, 0.25) is 0 Å². The van der Waals surface area contributed by atoms with Crippen molar-refractivity contribution in [3.8, 4) is 5.75 Å². The highest BCUT2D eigenvalue weighted by molar-refractivity contribution is 5.34. The zero-order valence-electron chi connectivity index (χ0n) is 10.1. The molecule has 0 bridgehead atoms. The molecule has 1 N–H and O–H groups in total. The summed E-state index contributed by atoms with van der Waals surface area (Å²) in [6.45, 7) is 2.66. The van der Waals surface area contributed by atoms with Crippen LogP contribution in [0.2, 0.25) is 0 Å². The van der Waals surface area contributed by atoms with E-state index in [2.05, 4.69) is 11.4 Å². The first-order valence-electron chi connectivity index (χ1n) is 5.78. The number of hydrogen-bond donors (Lipinski definition) is 1. The van der Waals surface area contributed by atoms with E-state index in [1.807, 2.05) is 44.3 Å². The van der Waals surface area contributed by atoms with Crippen molar-refractivity contribution in [1.82, 2.24) is 5.32 Å². The highest BCUT2D eigenvalue weighted by atomic mass is 16.5. The molecule has 0 spiro atoms. The Bertz CT molecular complexity index is 451. The lowest BCUT2D eigenvalue weighted by Gasteiger charge is -2.15. The maximum atomic E-state index is 5.50. The van der Waals surface area contributed by atoms with Crippen molar-refractivity contribution < 1.29 is 9.15 Å². The molecule has 17 heavy (non-hydrogen) atoms. The smallest absolute Gasteiger partial charge is 0.125 e. The largest absolute Gasteiger partial charge is 0.494 e. The third-order valence-electron chi connectivity index (χ3n) is 2.62. The number of furan rings is 1. The van der Waals surface area contributed by atoms with Crippen LogP contribution in [0, 0.1) is 0 Å². The first-order chi connectivity index (χ1) is 8.35. The minimum absolute atomic E-state index is 0.0606. The van der Waals surface area contributed by atoms with Crippen molar-refractivity contribution in [1.29, 1.82) is 0 Å². The van der Waals surface area contributed by atoms with Gasteiger partial charge in [-0.25, -0.2) is 0 Å². The molecular weight excluding hydrogens is 214 g/mol. The standard InChI is InChI=1S/C14H17NO2/c1-3-16-12-7-4-6-11(10-12)14(15-2)13-8-5-9-17-13/h4-10,14-15H,3H2,1-2H3. The Morgan fingerprint density at radius 2 is 2.18 bits per heavy atom. The fraction of sp³-hybridized carbons (Fsp3) is 0.286. The summed E-state index contributed by atoms with van der Waals surface area (Å²) >= 11 is 0. The monoisotopic (exact) mass is 231 g/mol. The molecule has 1 atom stereocenters. The quantitative estimate of drug-likeness (QED) is 0.859. The molecule has 1 unspecified atom stereocenters. The van der Waals surface area contributed by atoms with Gasteiger partial charge in [0.1, 0.15) is 11.5 Å². The first-order valence-corrected chi connectivity index (χ1v) is 5.78. The van der Waals surface area contributed by atoms with Crippen molar-refractivity contribution in [2.24, 2.45) is 0 Å². The first kappa shape index (κ1) is 11.7. The van der Waals surface area contributed by atoms with Crippen LogP contribution in [0.4, 0.5) is 0 Å². The molecule has 1 aromatic heterocycles. The Kier molecular flexibility index (Phi) is 3.83. The molecule has 0 aliphatic carbocycles. The van der Waals surface area contributed by atoms with E-state index in [1.165, 1.54) is 0 Å². The fourth-order valence-corrected chi connectivity index (χ4v) is 1.88. The van der Waals surface area contributed by atoms with Crippen LogP contribution in [0.1, 0.15) is 24.3 Å². The molecule has 0 radical (unpaired) electrons. The Hall–Kier alpha value is -1.74. The van der Waals surface area contributed by atoms with Crippen molar-refractivity contribution in [2.75, 3.05) is 13.7 Å². The predicted molar refractivity (Wildman–Crippen MR) is 67.2 cm³/mol. The van der Waals surface area contributed by atoms with Crippen LogP contribution in [0.25, 0.3) is 0 Å². The lowest BCUT2D eigenvalue weighted by atomic mass is 10.0. The minimum atomic E-state index is 0.0606. The molecule has 1 aromatic carbocycles. The van der Waals surface area contributed by atoms with Crippen molar-refractivity contribution in [3.63, 3.8) is 0 Å². The summed E-state index contributed by atoms with van der Waals surface area (Å²) in [6, 6.07) is 12.0. The summed E-state index contributed by atoms with van der Waals surface area (Å²) in [5.74, 6) is 1.79. The van der Waals surface area contributed by atoms with Crippen molar-refractivity contribution in [3.05, 3.63) is 54.0 Å². The van der Waals surface area contributed by atoms with Crippen LogP contribution in [0.3, 0.4) is 0 Å². The molecule has 2 rings (SSSR count). The molecule has 0 saturated carbocycles. The maximum Gasteiger partial charge on any atom is 0.125 e. The van der Waals surface area contributed by atoms with E-state index in [4.69, 9.17) is 9.15 Å². The molecule has 90 valence electrons. The van der Waals surface area contributed by atoms with Crippen LogP contribution in [-0.2, 0) is 0 Å². The van der Waals surface area contributed by atoms with E-state index in [9.17, 15) is 0 Å². The topological polar surface area (TPSA) is 34.4 Å². The molecule has 1 heterocycles. The summed E-state index contributed by atoms with van der Waals surface area (Å²) in [5, 5.41) is 3.24. The number of benzene rings is 1. The van der Waals surface area contributed by atoms with Gasteiger partial charge < -0.3 is 14.5 Å². The van der Waals surface area contributed by atoms with Crippen LogP contribution < -0.4 is 10.1 Å². The van der Waals surface area contributed by atoms with Gasteiger partial charge in [-0.3, -0.25) is 0 Å². The SMILES string of the molecule is CCOc1cccc(C(NC)c2ccco2)c1. The Morgan fingerprint density at radius 3 is 2.82 bits per heavy atom. The van der Waals surface area contributed by atoms with Crippen molar-refractivity contribution >= 4 is 0 Å². The van der Waals surface area contributed by atoms with E-state index in [0.29, 0.717) is 6.61 Å². The molecule has 3 nitrogen and oxygen atoms in total. The van der Waals surface area contributed by atoms with Gasteiger partial charge in [-0.1, -0.05) is 12.1 Å². The Balaban J connectivity index is 2.28. The van der Waals surface area contributed by atoms with Gasteiger partial charge >= 0.3 is 0 Å². The average Bonchev–Trinajstić information content (AvgIpc) is 2.85. The molecule has 3 heteroatoms. The summed E-state index contributed by atoms with van der Waals surface area (Å²) in [6.07, 6.45) is 1.69. The third-order valence-corrected chi connectivity index (χ3v) is 2.62. The van der Waals surface area contributed by atoms with Crippen molar-refractivity contribution in [2.45, 2.75) is 13.0 Å². The van der Waals surface area contributed by atoms with E-state index in [0.717, 1.165) is 17.1 Å². The maximum absolute atomic E-state index is 5.50. The van der Waals surface area contributed by atoms with E-state index >= 15 is 0 Å². The van der Waals surface area contributed by atoms with E-state index < -0.39 is 0 Å². The summed E-state index contributed by atoms with van der Waals surface area (Å²) in [4.78, 5) is 0. The van der Waals surface area contributed by atoms with Crippen LogP contribution in [0.15, 0.2) is 47.1 Å². The molecule has 0 aliphatic rings. The zero-order valence-corrected chi connectivity index (χ0v) is 10.1. The van der Waals surface area contributed by atoms with Gasteiger partial charge in [-0.05, 0) is 43.8 Å². The highest BCUT2D eigenvalue weighted by Gasteiger charge is 2.14. The molecule has 0 amide bonds. The molecular formula is C14H17NO2. The fourth-order valence-electron chi connectivity index (χ4n) is 1.88. The van der Waals surface area contributed by atoms with Gasteiger partial charge in [0.25, 0.3) is 0 Å². The minimum Gasteiger partial charge on any atom is -0.494 e. The lowest BCUT2D eigenvalue weighted by molar-refractivity contribution is 0.339. The summed E-state index contributed by atoms with van der Waals surface area (Å²) < 4.78 is 10.9. The predicted octanol–water partition coefficient (Wildman–Crippen LogP) is 2.99. The van der Waals surface area contributed by atoms with E-state index in [-0.39, 0.29) is 6.04 Å². The Labute approximate surface area is 101 Å². The Morgan fingerprint density at radius 1 is 1.29 bits per heavy atom. The normalized spacial score (nSPS) is 12.4. The molecule has 0 aliphatic heterocycles. The van der Waals surface area contributed by atoms with Gasteiger partial charge in [-0.15, -0.1) is 0 Å². The molecule has 2 aromatic rings. The second-order valence-electron chi connectivity index (χ2n) is 3.74. The van der Waals surface area contributed by atoms with Crippen LogP contribution in [-0.4, -0.2) is 13.7 Å². The third kappa shape index (κ3) is 2.68. The number of rotatable bonds is 5. The van der Waals surface area contributed by atoms with Crippen LogP contribution in [0.5, 0.6) is 5.75 Å². The van der Waals surface area contributed by atoms with Crippen LogP contribution >= 0.6 is 0 Å². The zero-order chi connectivity index (χ0) is 12.1. The summed E-state index contributed by atoms with van der Waals surface area (Å²) in [7, 11) is 1.92.